The van der Waals surface area contributed by atoms with Crippen molar-refractivity contribution >= 4 is 5.69 Å². The molecule has 1 aromatic carbocycles. The summed E-state index contributed by atoms with van der Waals surface area (Å²) in [5.74, 6) is 0.543. The monoisotopic (exact) mass is 232 g/mol. The molecule has 2 heteroatoms. The van der Waals surface area contributed by atoms with E-state index < -0.39 is 0 Å². The van der Waals surface area contributed by atoms with Crippen LogP contribution in [0, 0.1) is 5.92 Å². The van der Waals surface area contributed by atoms with Crippen LogP contribution in [0.3, 0.4) is 0 Å². The van der Waals surface area contributed by atoms with Crippen molar-refractivity contribution in [3.05, 3.63) is 29.8 Å². The Bertz CT molecular complexity index is 400. The zero-order valence-corrected chi connectivity index (χ0v) is 11.4. The second kappa shape index (κ2) is 4.34. The molecule has 0 amide bonds. The molecule has 1 aliphatic rings. The zero-order chi connectivity index (χ0) is 12.6. The van der Waals surface area contributed by atoms with Crippen molar-refractivity contribution < 1.29 is 0 Å². The maximum atomic E-state index is 6.07. The fraction of sp³-hybridized carbons (Fsp3) is 0.600. The molecule has 0 aliphatic carbocycles. The number of anilines is 1. The van der Waals surface area contributed by atoms with Gasteiger partial charge < -0.3 is 10.6 Å². The van der Waals surface area contributed by atoms with Crippen LogP contribution in [-0.4, -0.2) is 18.1 Å². The van der Waals surface area contributed by atoms with Gasteiger partial charge in [0.15, 0.2) is 0 Å². The molecule has 0 saturated carbocycles. The van der Waals surface area contributed by atoms with Gasteiger partial charge in [-0.2, -0.15) is 0 Å². The quantitative estimate of drug-likeness (QED) is 0.868. The van der Waals surface area contributed by atoms with Crippen LogP contribution < -0.4 is 10.6 Å². The van der Waals surface area contributed by atoms with Gasteiger partial charge in [-0.05, 0) is 37.8 Å². The van der Waals surface area contributed by atoms with Crippen LogP contribution in [0.25, 0.3) is 0 Å². The Kier molecular flexibility index (Phi) is 3.17. The second-order valence-corrected chi connectivity index (χ2v) is 5.77. The van der Waals surface area contributed by atoms with Gasteiger partial charge in [0.1, 0.15) is 0 Å². The Balaban J connectivity index is 2.45. The van der Waals surface area contributed by atoms with Crippen molar-refractivity contribution in [2.45, 2.75) is 45.7 Å². The van der Waals surface area contributed by atoms with Crippen LogP contribution in [0.5, 0.6) is 0 Å². The van der Waals surface area contributed by atoms with Crippen molar-refractivity contribution in [3.8, 4) is 0 Å². The first-order valence-electron chi connectivity index (χ1n) is 6.58. The normalized spacial score (nSPS) is 22.7. The SMILES string of the molecule is CC1Cc2ccccc2N1C(C)(CN)C(C)C. The second-order valence-electron chi connectivity index (χ2n) is 5.77. The molecule has 2 N–H and O–H groups in total. The number of nitrogens with two attached hydrogens (primary N) is 1. The lowest BCUT2D eigenvalue weighted by Gasteiger charge is -2.46. The molecule has 0 aromatic heterocycles. The molecular weight excluding hydrogens is 208 g/mol. The molecule has 2 unspecified atom stereocenters. The van der Waals surface area contributed by atoms with Gasteiger partial charge in [0.2, 0.25) is 0 Å². The van der Waals surface area contributed by atoms with Crippen molar-refractivity contribution in [2.24, 2.45) is 11.7 Å². The van der Waals surface area contributed by atoms with Crippen molar-refractivity contribution in [2.75, 3.05) is 11.4 Å². The molecule has 94 valence electrons. The summed E-state index contributed by atoms with van der Waals surface area (Å²) in [6.07, 6.45) is 1.14. The molecule has 2 atom stereocenters. The van der Waals surface area contributed by atoms with Crippen LogP contribution in [0.15, 0.2) is 24.3 Å². The summed E-state index contributed by atoms with van der Waals surface area (Å²) in [6, 6.07) is 9.27. The van der Waals surface area contributed by atoms with E-state index in [1.807, 2.05) is 0 Å². The fourth-order valence-corrected chi connectivity index (χ4v) is 2.96. The van der Waals surface area contributed by atoms with Crippen LogP contribution in [0.1, 0.15) is 33.3 Å². The molecule has 0 bridgehead atoms. The van der Waals surface area contributed by atoms with Gasteiger partial charge in [-0.3, -0.25) is 0 Å². The maximum Gasteiger partial charge on any atom is 0.0522 e. The van der Waals surface area contributed by atoms with E-state index >= 15 is 0 Å². The molecule has 2 nitrogen and oxygen atoms in total. The van der Waals surface area contributed by atoms with E-state index in [9.17, 15) is 0 Å². The number of hydrogen-bond donors (Lipinski definition) is 1. The van der Waals surface area contributed by atoms with E-state index in [1.165, 1.54) is 11.3 Å². The van der Waals surface area contributed by atoms with Crippen LogP contribution >= 0.6 is 0 Å². The van der Waals surface area contributed by atoms with Gasteiger partial charge in [-0.15, -0.1) is 0 Å². The minimum absolute atomic E-state index is 0.0476. The number of fused-ring (bicyclic) bond motifs is 1. The first-order chi connectivity index (χ1) is 8.00. The van der Waals surface area contributed by atoms with Gasteiger partial charge in [0.25, 0.3) is 0 Å². The van der Waals surface area contributed by atoms with Gasteiger partial charge in [-0.25, -0.2) is 0 Å². The lowest BCUT2D eigenvalue weighted by molar-refractivity contribution is 0.305. The van der Waals surface area contributed by atoms with Crippen LogP contribution in [-0.2, 0) is 6.42 Å². The van der Waals surface area contributed by atoms with Crippen LogP contribution in [0.4, 0.5) is 5.69 Å². The van der Waals surface area contributed by atoms with Crippen LogP contribution in [0.2, 0.25) is 0 Å². The summed E-state index contributed by atoms with van der Waals surface area (Å²) in [7, 11) is 0. The average Bonchev–Trinajstić information content (AvgIpc) is 2.64. The summed E-state index contributed by atoms with van der Waals surface area (Å²) < 4.78 is 0. The standard InChI is InChI=1S/C15H24N2/c1-11(2)15(4,10-16)17-12(3)9-13-7-5-6-8-14(13)17/h5-8,11-12H,9-10,16H2,1-4H3. The first-order valence-corrected chi connectivity index (χ1v) is 6.58. The summed E-state index contributed by atoms with van der Waals surface area (Å²) in [6.45, 7) is 9.82. The Morgan fingerprint density at radius 1 is 1.41 bits per heavy atom. The third kappa shape index (κ3) is 1.85. The minimum Gasteiger partial charge on any atom is -0.361 e. The van der Waals surface area contributed by atoms with E-state index in [1.54, 1.807) is 0 Å². The molecule has 0 saturated heterocycles. The van der Waals surface area contributed by atoms with E-state index in [0.717, 1.165) is 6.42 Å². The summed E-state index contributed by atoms with van der Waals surface area (Å²) >= 11 is 0. The van der Waals surface area contributed by atoms with E-state index in [-0.39, 0.29) is 5.54 Å². The molecule has 0 radical (unpaired) electrons. The van der Waals surface area contributed by atoms with E-state index in [0.29, 0.717) is 18.5 Å². The lowest BCUT2D eigenvalue weighted by Crippen LogP contribution is -2.57. The molecule has 1 aromatic rings. The average molecular weight is 232 g/mol. The highest BCUT2D eigenvalue weighted by Gasteiger charge is 2.40. The van der Waals surface area contributed by atoms with Gasteiger partial charge in [0.05, 0.1) is 5.54 Å². The van der Waals surface area contributed by atoms with Crippen molar-refractivity contribution in [1.29, 1.82) is 0 Å². The third-order valence-corrected chi connectivity index (χ3v) is 4.41. The molecule has 0 fully saturated rings. The minimum atomic E-state index is 0.0476. The Hall–Kier alpha value is -1.02. The molecule has 17 heavy (non-hydrogen) atoms. The molecular formula is C15H24N2. The van der Waals surface area contributed by atoms with Gasteiger partial charge >= 0.3 is 0 Å². The number of hydrogen-bond acceptors (Lipinski definition) is 2. The molecule has 1 heterocycles. The number of para-hydroxylation sites is 1. The largest absolute Gasteiger partial charge is 0.361 e. The highest BCUT2D eigenvalue weighted by atomic mass is 15.3. The molecule has 0 spiro atoms. The number of rotatable bonds is 3. The van der Waals surface area contributed by atoms with E-state index in [4.69, 9.17) is 5.73 Å². The third-order valence-electron chi connectivity index (χ3n) is 4.41. The molecule has 2 rings (SSSR count). The van der Waals surface area contributed by atoms with Gasteiger partial charge in [0, 0.05) is 18.3 Å². The Morgan fingerprint density at radius 2 is 2.06 bits per heavy atom. The first kappa shape index (κ1) is 12.4. The zero-order valence-electron chi connectivity index (χ0n) is 11.4. The highest BCUT2D eigenvalue weighted by Crippen LogP contribution is 2.39. The van der Waals surface area contributed by atoms with Crippen molar-refractivity contribution in [1.82, 2.24) is 0 Å². The lowest BCUT2D eigenvalue weighted by atomic mass is 9.85. The van der Waals surface area contributed by atoms with Crippen molar-refractivity contribution in [3.63, 3.8) is 0 Å². The fourth-order valence-electron chi connectivity index (χ4n) is 2.96. The topological polar surface area (TPSA) is 29.3 Å². The molecule has 1 aliphatic heterocycles. The number of nitrogens with zero attached hydrogens (tertiary/aromatic N) is 1. The Labute approximate surface area is 105 Å². The summed E-state index contributed by atoms with van der Waals surface area (Å²) in [5.41, 5.74) is 8.95. The maximum absolute atomic E-state index is 6.07. The van der Waals surface area contributed by atoms with E-state index in [2.05, 4.69) is 56.9 Å². The number of benzene rings is 1. The summed E-state index contributed by atoms with van der Waals surface area (Å²) in [4.78, 5) is 2.53. The Morgan fingerprint density at radius 3 is 2.65 bits per heavy atom. The summed E-state index contributed by atoms with van der Waals surface area (Å²) in [5, 5.41) is 0. The predicted octanol–water partition coefficient (Wildman–Crippen LogP) is 2.81. The predicted molar refractivity (Wildman–Crippen MR) is 74.4 cm³/mol. The van der Waals surface area contributed by atoms with Gasteiger partial charge in [-0.1, -0.05) is 32.0 Å². The smallest absolute Gasteiger partial charge is 0.0522 e. The highest BCUT2D eigenvalue weighted by molar-refractivity contribution is 5.61.